The molecule has 1 aromatic rings. The molecule has 24 heavy (non-hydrogen) atoms. The summed E-state index contributed by atoms with van der Waals surface area (Å²) < 4.78 is 68.2. The van der Waals surface area contributed by atoms with Crippen LogP contribution in [0.3, 0.4) is 0 Å². The number of anilines is 1. The first kappa shape index (κ1) is 18.7. The molecule has 0 aliphatic carbocycles. The number of rotatable bonds is 5. The predicted octanol–water partition coefficient (Wildman–Crippen LogP) is 1.99. The van der Waals surface area contributed by atoms with Crippen LogP contribution in [0, 0.1) is 0 Å². The van der Waals surface area contributed by atoms with Crippen molar-refractivity contribution >= 4 is 33.6 Å². The first-order chi connectivity index (χ1) is 11.1. The fourth-order valence-electron chi connectivity index (χ4n) is 1.98. The van der Waals surface area contributed by atoms with E-state index in [-0.39, 0.29) is 13.1 Å². The molecule has 1 aliphatic rings. The molecule has 2 N–H and O–H groups in total. The first-order valence-electron chi connectivity index (χ1n) is 6.57. The van der Waals surface area contributed by atoms with E-state index in [1.807, 2.05) is 4.72 Å². The van der Waals surface area contributed by atoms with E-state index < -0.39 is 39.5 Å². The Morgan fingerprint density at radius 1 is 1.29 bits per heavy atom. The molecule has 0 radical (unpaired) electrons. The predicted molar refractivity (Wildman–Crippen MR) is 81.5 cm³/mol. The van der Waals surface area contributed by atoms with Gasteiger partial charge in [0.05, 0.1) is 11.3 Å². The summed E-state index contributed by atoms with van der Waals surface area (Å²) in [6.07, 6.45) is -4.98. The summed E-state index contributed by atoms with van der Waals surface area (Å²) >= 11 is 1.56. The van der Waals surface area contributed by atoms with Crippen LogP contribution in [-0.2, 0) is 10.2 Å². The Morgan fingerprint density at radius 2 is 1.92 bits per heavy atom. The van der Waals surface area contributed by atoms with Crippen LogP contribution in [0.2, 0.25) is 0 Å². The number of hydrogen-bond acceptors (Lipinski definition) is 5. The average Bonchev–Trinajstić information content (AvgIpc) is 2.46. The van der Waals surface area contributed by atoms with Crippen molar-refractivity contribution in [3.05, 3.63) is 23.8 Å². The molecule has 12 heteroatoms. The fourth-order valence-corrected chi connectivity index (χ4v) is 4.36. The Morgan fingerprint density at radius 3 is 2.46 bits per heavy atom. The normalized spacial score (nSPS) is 16.6. The number of carbonyl (C=O) groups is 1. The zero-order chi connectivity index (χ0) is 18.0. The van der Waals surface area contributed by atoms with E-state index in [1.54, 1.807) is 11.8 Å². The molecular weight excluding hydrogens is 373 g/mol. The third kappa shape index (κ3) is 4.92. The summed E-state index contributed by atoms with van der Waals surface area (Å²) in [5.74, 6) is -1.06. The number of aromatic carboxylic acids is 1. The first-order valence-corrected chi connectivity index (χ1v) is 9.17. The highest BCUT2D eigenvalue weighted by molar-refractivity contribution is 7.99. The van der Waals surface area contributed by atoms with E-state index in [4.69, 9.17) is 5.11 Å². The van der Waals surface area contributed by atoms with Crippen LogP contribution in [-0.4, -0.2) is 54.8 Å². The van der Waals surface area contributed by atoms with Gasteiger partial charge in [-0.3, -0.25) is 4.72 Å². The maximum atomic E-state index is 12.3. The number of hydrogen-bond donors (Lipinski definition) is 2. The Kier molecular flexibility index (Phi) is 5.50. The summed E-state index contributed by atoms with van der Waals surface area (Å²) in [4.78, 5) is 11.2. The van der Waals surface area contributed by atoms with Gasteiger partial charge >= 0.3 is 22.5 Å². The van der Waals surface area contributed by atoms with E-state index in [1.165, 1.54) is 0 Å². The van der Waals surface area contributed by atoms with Gasteiger partial charge in [0, 0.05) is 30.7 Å². The minimum Gasteiger partial charge on any atom is -0.478 e. The molecule has 1 aromatic carbocycles. The second-order valence-corrected chi connectivity index (χ2v) is 7.57. The molecule has 0 spiro atoms. The highest BCUT2D eigenvalue weighted by Crippen LogP contribution is 2.29. The lowest BCUT2D eigenvalue weighted by molar-refractivity contribution is -0.274. The number of alkyl halides is 3. The van der Waals surface area contributed by atoms with Crippen molar-refractivity contribution in [3.8, 4) is 5.75 Å². The molecule has 0 amide bonds. The van der Waals surface area contributed by atoms with Crippen molar-refractivity contribution in [2.24, 2.45) is 0 Å². The molecule has 1 heterocycles. The molecule has 0 saturated carbocycles. The van der Waals surface area contributed by atoms with E-state index >= 15 is 0 Å². The number of thioether (sulfide) groups is 1. The van der Waals surface area contributed by atoms with Crippen molar-refractivity contribution < 1.29 is 36.2 Å². The summed E-state index contributed by atoms with van der Waals surface area (Å²) in [5.41, 5.74) is -0.984. The molecule has 1 saturated heterocycles. The van der Waals surface area contributed by atoms with Crippen molar-refractivity contribution in [3.63, 3.8) is 0 Å². The smallest absolute Gasteiger partial charge is 0.478 e. The van der Waals surface area contributed by atoms with Gasteiger partial charge in [-0.05, 0) is 12.1 Å². The third-order valence-electron chi connectivity index (χ3n) is 3.00. The Bertz CT molecular complexity index is 718. The van der Waals surface area contributed by atoms with E-state index in [9.17, 15) is 26.4 Å². The molecule has 1 fully saturated rings. The monoisotopic (exact) mass is 386 g/mol. The van der Waals surface area contributed by atoms with E-state index in [0.717, 1.165) is 16.4 Å². The Balaban J connectivity index is 2.32. The molecule has 0 atom stereocenters. The molecule has 134 valence electrons. The summed E-state index contributed by atoms with van der Waals surface area (Å²) in [6.45, 7) is 0.447. The largest absolute Gasteiger partial charge is 0.573 e. The van der Waals surface area contributed by atoms with Gasteiger partial charge in [0.2, 0.25) is 0 Å². The van der Waals surface area contributed by atoms with Crippen LogP contribution < -0.4 is 9.46 Å². The zero-order valence-corrected chi connectivity index (χ0v) is 13.7. The maximum Gasteiger partial charge on any atom is 0.573 e. The summed E-state index contributed by atoms with van der Waals surface area (Å²) in [5, 5.41) is 9.08. The van der Waals surface area contributed by atoms with Crippen LogP contribution >= 0.6 is 11.8 Å². The number of nitrogens with zero attached hydrogens (tertiary/aromatic N) is 1. The minimum absolute atomic E-state index is 0.223. The molecule has 0 bridgehead atoms. The average molecular weight is 386 g/mol. The lowest BCUT2D eigenvalue weighted by atomic mass is 10.2. The highest BCUT2D eigenvalue weighted by atomic mass is 32.2. The van der Waals surface area contributed by atoms with Crippen LogP contribution in [0.5, 0.6) is 5.75 Å². The summed E-state index contributed by atoms with van der Waals surface area (Å²) in [7, 11) is -4.08. The van der Waals surface area contributed by atoms with Crippen LogP contribution in [0.1, 0.15) is 10.4 Å². The second kappa shape index (κ2) is 7.07. The number of halogens is 3. The standard InChI is InChI=1S/C12H13F3N2O5S2/c13-12(14,15)22-8-1-2-9(11(18)19)10(7-8)16-24(20,21)17-3-5-23-6-4-17/h1-2,7,16H,3-6H2,(H,18,19). The van der Waals surface area contributed by atoms with Gasteiger partial charge in [-0.25, -0.2) is 4.79 Å². The maximum absolute atomic E-state index is 12.3. The molecule has 0 unspecified atom stereocenters. The van der Waals surface area contributed by atoms with Gasteiger partial charge in [-0.1, -0.05) is 0 Å². The summed E-state index contributed by atoms with van der Waals surface area (Å²) in [6, 6.07) is 2.33. The number of nitrogens with one attached hydrogen (secondary N) is 1. The quantitative estimate of drug-likeness (QED) is 0.804. The van der Waals surface area contributed by atoms with Crippen molar-refractivity contribution in [2.75, 3.05) is 29.3 Å². The third-order valence-corrected chi connectivity index (χ3v) is 5.47. The number of benzene rings is 1. The van der Waals surface area contributed by atoms with Crippen LogP contribution in [0.25, 0.3) is 0 Å². The van der Waals surface area contributed by atoms with Crippen LogP contribution in [0.4, 0.5) is 18.9 Å². The number of carboxylic acid groups (broad SMARTS) is 1. The van der Waals surface area contributed by atoms with Crippen molar-refractivity contribution in [1.82, 2.24) is 4.31 Å². The van der Waals surface area contributed by atoms with E-state index in [2.05, 4.69) is 4.74 Å². The Hall–Kier alpha value is -1.66. The fraction of sp³-hybridized carbons (Fsp3) is 0.417. The van der Waals surface area contributed by atoms with Gasteiger partial charge < -0.3 is 9.84 Å². The highest BCUT2D eigenvalue weighted by Gasteiger charge is 2.32. The second-order valence-electron chi connectivity index (χ2n) is 4.68. The molecule has 2 rings (SSSR count). The van der Waals surface area contributed by atoms with E-state index in [0.29, 0.717) is 17.6 Å². The van der Waals surface area contributed by atoms with Gasteiger partial charge in [-0.2, -0.15) is 24.5 Å². The zero-order valence-electron chi connectivity index (χ0n) is 12.0. The molecule has 0 aromatic heterocycles. The lowest BCUT2D eigenvalue weighted by Crippen LogP contribution is -2.41. The molecule has 1 aliphatic heterocycles. The van der Waals surface area contributed by atoms with Gasteiger partial charge in [0.25, 0.3) is 0 Å². The SMILES string of the molecule is O=C(O)c1ccc(OC(F)(F)F)cc1NS(=O)(=O)N1CCSCC1. The van der Waals surface area contributed by atoms with Crippen LogP contribution in [0.15, 0.2) is 18.2 Å². The molecule has 7 nitrogen and oxygen atoms in total. The van der Waals surface area contributed by atoms with Gasteiger partial charge in [0.15, 0.2) is 0 Å². The molecular formula is C12H13F3N2O5S2. The lowest BCUT2D eigenvalue weighted by Gasteiger charge is -2.26. The number of carboxylic acids is 1. The minimum atomic E-state index is -4.98. The van der Waals surface area contributed by atoms with Crippen molar-refractivity contribution in [1.29, 1.82) is 0 Å². The topological polar surface area (TPSA) is 95.9 Å². The van der Waals surface area contributed by atoms with Gasteiger partial charge in [0.1, 0.15) is 5.75 Å². The van der Waals surface area contributed by atoms with Gasteiger partial charge in [-0.15, -0.1) is 13.2 Å². The number of ether oxygens (including phenoxy) is 1. The van der Waals surface area contributed by atoms with Crippen molar-refractivity contribution in [2.45, 2.75) is 6.36 Å². The Labute approximate surface area is 140 Å².